The van der Waals surface area contributed by atoms with Crippen LogP contribution in [-0.2, 0) is 0 Å². The second-order valence-electron chi connectivity index (χ2n) is 5.97. The number of hydrogen-bond acceptors (Lipinski definition) is 0. The Balaban J connectivity index is 2.10. The summed E-state index contributed by atoms with van der Waals surface area (Å²) in [6, 6.07) is 26.3. The molecule has 1 nitrogen and oxygen atoms in total. The van der Waals surface area contributed by atoms with Crippen molar-refractivity contribution in [2.75, 3.05) is 0 Å². The highest BCUT2D eigenvalue weighted by Gasteiger charge is 2.18. The highest BCUT2D eigenvalue weighted by molar-refractivity contribution is 5.47. The van der Waals surface area contributed by atoms with E-state index in [2.05, 4.69) is 93.6 Å². The third-order valence-electron chi connectivity index (χ3n) is 4.02. The highest BCUT2D eigenvalue weighted by Crippen LogP contribution is 2.16. The van der Waals surface area contributed by atoms with E-state index < -0.39 is 0 Å². The lowest BCUT2D eigenvalue weighted by molar-refractivity contribution is -0.681. The molecule has 0 aliphatic rings. The van der Waals surface area contributed by atoms with Gasteiger partial charge in [0.25, 0.3) is 0 Å². The molecular formula is C21H22N+. The van der Waals surface area contributed by atoms with Crippen LogP contribution in [0.15, 0.2) is 72.8 Å². The Labute approximate surface area is 132 Å². The van der Waals surface area contributed by atoms with Crippen molar-refractivity contribution in [2.24, 2.45) is 0 Å². The largest absolute Gasteiger partial charge is 0.238 e. The van der Waals surface area contributed by atoms with Crippen LogP contribution in [0.25, 0.3) is 0 Å². The number of hydrogen-bond donors (Lipinski definition) is 1. The molecular weight excluding hydrogens is 266 g/mol. The summed E-state index contributed by atoms with van der Waals surface area (Å²) < 4.78 is 0. The minimum Gasteiger partial charge on any atom is -0.238 e. The molecule has 22 heavy (non-hydrogen) atoms. The van der Waals surface area contributed by atoms with Crippen LogP contribution in [0.5, 0.6) is 0 Å². The normalized spacial score (nSPS) is 10.9. The fourth-order valence-corrected chi connectivity index (χ4v) is 2.66. The Morgan fingerprint density at radius 3 is 0.864 bits per heavy atom. The van der Waals surface area contributed by atoms with Gasteiger partial charge in [-0.3, -0.25) is 0 Å². The Kier molecular flexibility index (Phi) is 4.08. The Morgan fingerprint density at radius 1 is 0.409 bits per heavy atom. The zero-order valence-corrected chi connectivity index (χ0v) is 13.4. The molecule has 0 bridgehead atoms. The molecule has 0 spiro atoms. The summed E-state index contributed by atoms with van der Waals surface area (Å²) in [6.07, 6.45) is 0. The number of quaternary nitrogens is 1. The molecule has 0 aromatic heterocycles. The minimum atomic E-state index is 1.26. The molecule has 0 saturated heterocycles. The van der Waals surface area contributed by atoms with E-state index in [9.17, 15) is 0 Å². The smallest absolute Gasteiger partial charge is 0.141 e. The number of benzene rings is 3. The van der Waals surface area contributed by atoms with Gasteiger partial charge in [-0.15, -0.1) is 0 Å². The third kappa shape index (κ3) is 3.10. The molecule has 3 aromatic rings. The summed E-state index contributed by atoms with van der Waals surface area (Å²) in [6.45, 7) is 6.38. The fraction of sp³-hybridized carbons (Fsp3) is 0.143. The molecule has 3 rings (SSSR count). The van der Waals surface area contributed by atoms with Crippen LogP contribution in [0.4, 0.5) is 17.1 Å². The fourth-order valence-electron chi connectivity index (χ4n) is 2.66. The average Bonchev–Trinajstić information content (AvgIpc) is 2.53. The van der Waals surface area contributed by atoms with Crippen LogP contribution in [0.2, 0.25) is 0 Å². The molecule has 0 fully saturated rings. The summed E-state index contributed by atoms with van der Waals surface area (Å²) in [5.74, 6) is 0. The highest BCUT2D eigenvalue weighted by atomic mass is 15.1. The van der Waals surface area contributed by atoms with Crippen molar-refractivity contribution in [2.45, 2.75) is 20.8 Å². The van der Waals surface area contributed by atoms with Crippen LogP contribution in [0.3, 0.4) is 0 Å². The van der Waals surface area contributed by atoms with Crippen molar-refractivity contribution in [1.29, 1.82) is 0 Å². The minimum absolute atomic E-state index is 1.26. The van der Waals surface area contributed by atoms with Crippen LogP contribution in [0.1, 0.15) is 16.7 Å². The van der Waals surface area contributed by atoms with Gasteiger partial charge in [-0.2, -0.15) is 0 Å². The van der Waals surface area contributed by atoms with Crippen LogP contribution in [-0.4, -0.2) is 0 Å². The van der Waals surface area contributed by atoms with Gasteiger partial charge in [-0.05, 0) is 20.8 Å². The van der Waals surface area contributed by atoms with Gasteiger partial charge in [0, 0.05) is 36.4 Å². The first kappa shape index (κ1) is 14.6. The van der Waals surface area contributed by atoms with Gasteiger partial charge in [0.05, 0.1) is 0 Å². The Hall–Kier alpha value is -2.38. The Morgan fingerprint density at radius 2 is 0.636 bits per heavy atom. The lowest BCUT2D eigenvalue weighted by Gasteiger charge is -2.19. The number of rotatable bonds is 3. The average molecular weight is 288 g/mol. The monoisotopic (exact) mass is 288 g/mol. The first-order valence-electron chi connectivity index (χ1n) is 7.71. The quantitative estimate of drug-likeness (QED) is 0.706. The second kappa shape index (κ2) is 6.17. The first-order chi connectivity index (χ1) is 10.6. The first-order valence-corrected chi connectivity index (χ1v) is 7.71. The predicted octanol–water partition coefficient (Wildman–Crippen LogP) is 4.79. The lowest BCUT2D eigenvalue weighted by Crippen LogP contribution is -2.96. The van der Waals surface area contributed by atoms with Crippen molar-refractivity contribution in [3.05, 3.63) is 89.5 Å². The topological polar surface area (TPSA) is 4.44 Å². The van der Waals surface area contributed by atoms with Crippen molar-refractivity contribution < 1.29 is 4.90 Å². The molecule has 0 aliphatic carbocycles. The molecule has 110 valence electrons. The molecule has 1 heteroatoms. The van der Waals surface area contributed by atoms with E-state index in [1.165, 1.54) is 38.7 Å². The molecule has 0 saturated carbocycles. The van der Waals surface area contributed by atoms with Crippen molar-refractivity contribution in [3.63, 3.8) is 0 Å². The molecule has 0 heterocycles. The predicted molar refractivity (Wildman–Crippen MR) is 93.5 cm³/mol. The van der Waals surface area contributed by atoms with Gasteiger partial charge in [-0.1, -0.05) is 53.1 Å². The Bertz CT molecular complexity index is 629. The van der Waals surface area contributed by atoms with Gasteiger partial charge >= 0.3 is 0 Å². The van der Waals surface area contributed by atoms with E-state index in [-0.39, 0.29) is 0 Å². The maximum Gasteiger partial charge on any atom is 0.141 e. The second-order valence-corrected chi connectivity index (χ2v) is 5.97. The number of aryl methyl sites for hydroxylation is 3. The van der Waals surface area contributed by atoms with Gasteiger partial charge in [0.15, 0.2) is 0 Å². The van der Waals surface area contributed by atoms with Gasteiger partial charge < -0.3 is 0 Å². The van der Waals surface area contributed by atoms with E-state index in [0.717, 1.165) is 0 Å². The summed E-state index contributed by atoms with van der Waals surface area (Å²) in [5.41, 5.74) is 7.65. The maximum atomic E-state index is 2.21. The zero-order chi connectivity index (χ0) is 15.5. The maximum absolute atomic E-state index is 2.21. The molecule has 0 radical (unpaired) electrons. The molecule has 0 unspecified atom stereocenters. The summed E-state index contributed by atoms with van der Waals surface area (Å²) in [5, 5.41) is 0. The van der Waals surface area contributed by atoms with Crippen molar-refractivity contribution in [3.8, 4) is 0 Å². The summed E-state index contributed by atoms with van der Waals surface area (Å²) in [4.78, 5) is 1.29. The van der Waals surface area contributed by atoms with Gasteiger partial charge in [0.1, 0.15) is 17.1 Å². The van der Waals surface area contributed by atoms with Crippen molar-refractivity contribution >= 4 is 17.1 Å². The molecule has 0 amide bonds. The summed E-state index contributed by atoms with van der Waals surface area (Å²) in [7, 11) is 0. The van der Waals surface area contributed by atoms with E-state index in [0.29, 0.717) is 0 Å². The van der Waals surface area contributed by atoms with Crippen LogP contribution in [0, 0.1) is 20.8 Å². The molecule has 0 atom stereocenters. The van der Waals surface area contributed by atoms with E-state index in [4.69, 9.17) is 0 Å². The lowest BCUT2D eigenvalue weighted by atomic mass is 10.1. The van der Waals surface area contributed by atoms with Gasteiger partial charge in [-0.25, -0.2) is 4.90 Å². The number of nitrogens with one attached hydrogen (secondary N) is 1. The van der Waals surface area contributed by atoms with Crippen LogP contribution >= 0.6 is 0 Å². The molecule has 0 aliphatic heterocycles. The van der Waals surface area contributed by atoms with Crippen LogP contribution < -0.4 is 4.90 Å². The standard InChI is InChI=1S/C21H21N/c1-16-4-10-19(11-5-16)22(20-12-6-17(2)7-13-20)21-14-8-18(3)9-15-21/h4-15H,1-3H3/p+1. The van der Waals surface area contributed by atoms with E-state index >= 15 is 0 Å². The SMILES string of the molecule is Cc1ccc([NH+](c2ccc(C)cc2)c2ccc(C)cc2)cc1. The zero-order valence-electron chi connectivity index (χ0n) is 13.4. The van der Waals surface area contributed by atoms with Crippen molar-refractivity contribution in [1.82, 2.24) is 0 Å². The van der Waals surface area contributed by atoms with E-state index in [1.54, 1.807) is 0 Å². The molecule has 1 N–H and O–H groups in total. The van der Waals surface area contributed by atoms with E-state index in [1.807, 2.05) is 0 Å². The summed E-state index contributed by atoms with van der Waals surface area (Å²) >= 11 is 0. The molecule has 3 aromatic carbocycles. The third-order valence-corrected chi connectivity index (χ3v) is 4.02. The van der Waals surface area contributed by atoms with Gasteiger partial charge in [0.2, 0.25) is 0 Å².